The van der Waals surface area contributed by atoms with Crippen molar-refractivity contribution in [1.29, 1.82) is 0 Å². The average Bonchev–Trinajstić information content (AvgIpc) is 2.74. The third-order valence-corrected chi connectivity index (χ3v) is 2.90. The first kappa shape index (κ1) is 12.5. The number of aromatic hydroxyl groups is 1. The number of hydrogen-bond donors (Lipinski definition) is 2. The molecule has 0 saturated carbocycles. The number of carbonyl (C=O) groups excluding carboxylic acids is 1. The molecule has 1 aliphatic heterocycles. The SMILES string of the molecule is O=C1CSC(=NN=Cc2c(O)ccc(F)c2F)N1. The summed E-state index contributed by atoms with van der Waals surface area (Å²) < 4.78 is 26.2. The second-order valence-corrected chi connectivity index (χ2v) is 4.24. The molecule has 0 radical (unpaired) electrons. The van der Waals surface area contributed by atoms with E-state index < -0.39 is 22.9 Å². The average molecular weight is 271 g/mol. The van der Waals surface area contributed by atoms with E-state index in [-0.39, 0.29) is 16.8 Å². The van der Waals surface area contributed by atoms with Crippen LogP contribution in [0.3, 0.4) is 0 Å². The summed E-state index contributed by atoms with van der Waals surface area (Å²) in [5, 5.41) is 19.1. The molecule has 1 amide bonds. The van der Waals surface area contributed by atoms with E-state index in [1.165, 1.54) is 0 Å². The Morgan fingerprint density at radius 2 is 2.22 bits per heavy atom. The molecule has 5 nitrogen and oxygen atoms in total. The first-order valence-corrected chi connectivity index (χ1v) is 5.77. The van der Waals surface area contributed by atoms with Gasteiger partial charge < -0.3 is 10.4 Å². The van der Waals surface area contributed by atoms with Crippen LogP contribution in [-0.4, -0.2) is 28.1 Å². The largest absolute Gasteiger partial charge is 0.507 e. The summed E-state index contributed by atoms with van der Waals surface area (Å²) in [5.41, 5.74) is -0.395. The van der Waals surface area contributed by atoms with Crippen LogP contribution < -0.4 is 5.32 Å². The lowest BCUT2D eigenvalue weighted by Gasteiger charge is -2.00. The molecule has 1 fully saturated rings. The van der Waals surface area contributed by atoms with Crippen molar-refractivity contribution >= 4 is 29.1 Å². The Labute approximate surface area is 105 Å². The highest BCUT2D eigenvalue weighted by molar-refractivity contribution is 8.15. The summed E-state index contributed by atoms with van der Waals surface area (Å²) in [7, 11) is 0. The van der Waals surface area contributed by atoms with Crippen LogP contribution in [0.25, 0.3) is 0 Å². The molecule has 0 unspecified atom stereocenters. The second kappa shape index (κ2) is 5.13. The summed E-state index contributed by atoms with van der Waals surface area (Å²) in [6.45, 7) is 0. The predicted molar refractivity (Wildman–Crippen MR) is 63.7 cm³/mol. The van der Waals surface area contributed by atoms with Gasteiger partial charge in [-0.3, -0.25) is 4.79 Å². The second-order valence-electron chi connectivity index (χ2n) is 3.28. The van der Waals surface area contributed by atoms with Gasteiger partial charge >= 0.3 is 0 Å². The van der Waals surface area contributed by atoms with Gasteiger partial charge in [-0.2, -0.15) is 5.10 Å². The van der Waals surface area contributed by atoms with Crippen LogP contribution in [0.1, 0.15) is 5.56 Å². The molecule has 1 heterocycles. The van der Waals surface area contributed by atoms with E-state index in [0.717, 1.165) is 30.1 Å². The van der Waals surface area contributed by atoms with E-state index in [1.807, 2.05) is 0 Å². The van der Waals surface area contributed by atoms with Gasteiger partial charge in [0.2, 0.25) is 5.91 Å². The van der Waals surface area contributed by atoms with E-state index in [1.54, 1.807) is 0 Å². The Bertz CT molecular complexity index is 560. The molecule has 8 heteroatoms. The number of nitrogens with one attached hydrogen (secondary N) is 1. The number of nitrogens with zero attached hydrogens (tertiary/aromatic N) is 2. The molecule has 1 saturated heterocycles. The first-order valence-electron chi connectivity index (χ1n) is 4.78. The number of phenolic OH excluding ortho intramolecular Hbond substituents is 1. The number of thioether (sulfide) groups is 1. The molecule has 1 aromatic carbocycles. The van der Waals surface area contributed by atoms with E-state index in [0.29, 0.717) is 0 Å². The van der Waals surface area contributed by atoms with Gasteiger partial charge in [-0.25, -0.2) is 8.78 Å². The molecular formula is C10H7F2N3O2S. The normalized spacial score (nSPS) is 17.7. The Morgan fingerprint density at radius 3 is 2.89 bits per heavy atom. The van der Waals surface area contributed by atoms with Gasteiger partial charge in [0.25, 0.3) is 0 Å². The van der Waals surface area contributed by atoms with Crippen molar-refractivity contribution in [3.8, 4) is 5.75 Å². The maximum Gasteiger partial charge on any atom is 0.236 e. The van der Waals surface area contributed by atoms with Crippen LogP contribution >= 0.6 is 11.8 Å². The van der Waals surface area contributed by atoms with Crippen LogP contribution in [0.2, 0.25) is 0 Å². The van der Waals surface area contributed by atoms with Gasteiger partial charge in [0, 0.05) is 0 Å². The lowest BCUT2D eigenvalue weighted by Crippen LogP contribution is -2.19. The molecule has 0 aromatic heterocycles. The highest BCUT2D eigenvalue weighted by Gasteiger charge is 2.16. The molecule has 0 aliphatic carbocycles. The summed E-state index contributed by atoms with van der Waals surface area (Å²) in [5.74, 6) is -2.70. The van der Waals surface area contributed by atoms with Crippen molar-refractivity contribution in [2.75, 3.05) is 5.75 Å². The molecular weight excluding hydrogens is 264 g/mol. The zero-order valence-corrected chi connectivity index (χ0v) is 9.67. The summed E-state index contributed by atoms with van der Waals surface area (Å²) >= 11 is 1.14. The fourth-order valence-corrected chi connectivity index (χ4v) is 1.83. The molecule has 0 bridgehead atoms. The first-order chi connectivity index (χ1) is 8.58. The fourth-order valence-electron chi connectivity index (χ4n) is 1.20. The summed E-state index contributed by atoms with van der Waals surface area (Å²) in [6.07, 6.45) is 0.881. The zero-order chi connectivity index (χ0) is 13.1. The van der Waals surface area contributed by atoms with Gasteiger partial charge in [-0.1, -0.05) is 11.8 Å². The molecule has 0 spiro atoms. The van der Waals surface area contributed by atoms with Crippen LogP contribution in [0, 0.1) is 11.6 Å². The lowest BCUT2D eigenvalue weighted by atomic mass is 10.2. The highest BCUT2D eigenvalue weighted by Crippen LogP contribution is 2.20. The van der Waals surface area contributed by atoms with Crippen molar-refractivity contribution in [2.45, 2.75) is 0 Å². The summed E-state index contributed by atoms with van der Waals surface area (Å²) in [6, 6.07) is 1.82. The van der Waals surface area contributed by atoms with Crippen LogP contribution in [0.15, 0.2) is 22.3 Å². The van der Waals surface area contributed by atoms with E-state index in [9.17, 15) is 18.7 Å². The standard InChI is InChI=1S/C10H7F2N3O2S/c11-6-1-2-7(16)5(9(6)12)3-13-15-10-14-8(17)4-18-10/h1-3,16H,4H2,(H,14,15,17). The lowest BCUT2D eigenvalue weighted by molar-refractivity contribution is -0.116. The monoisotopic (exact) mass is 271 g/mol. The van der Waals surface area contributed by atoms with Crippen LogP contribution in [-0.2, 0) is 4.79 Å². The Hall–Kier alpha value is -1.96. The minimum atomic E-state index is -1.21. The smallest absolute Gasteiger partial charge is 0.236 e. The Balaban J connectivity index is 2.19. The van der Waals surface area contributed by atoms with Crippen molar-refractivity contribution in [3.63, 3.8) is 0 Å². The third-order valence-electron chi connectivity index (χ3n) is 2.03. The molecule has 1 aliphatic rings. The molecule has 1 aromatic rings. The van der Waals surface area contributed by atoms with E-state index in [4.69, 9.17) is 0 Å². The number of halogens is 2. The van der Waals surface area contributed by atoms with Gasteiger partial charge in [-0.15, -0.1) is 5.10 Å². The number of carbonyl (C=O) groups is 1. The predicted octanol–water partition coefficient (Wildman–Crippen LogP) is 1.22. The number of phenols is 1. The van der Waals surface area contributed by atoms with Crippen LogP contribution in [0.4, 0.5) is 8.78 Å². The maximum atomic E-state index is 13.3. The van der Waals surface area contributed by atoms with Gasteiger partial charge in [0.15, 0.2) is 16.8 Å². The van der Waals surface area contributed by atoms with Crippen molar-refractivity contribution < 1.29 is 18.7 Å². The minimum absolute atomic E-state index is 0.200. The highest BCUT2D eigenvalue weighted by atomic mass is 32.2. The summed E-state index contributed by atoms with van der Waals surface area (Å²) in [4.78, 5) is 10.8. The van der Waals surface area contributed by atoms with Crippen molar-refractivity contribution in [3.05, 3.63) is 29.3 Å². The number of hydrogen-bond acceptors (Lipinski definition) is 5. The van der Waals surface area contributed by atoms with E-state index >= 15 is 0 Å². The molecule has 0 atom stereocenters. The molecule has 2 N–H and O–H groups in total. The molecule has 2 rings (SSSR count). The fraction of sp³-hybridized carbons (Fsp3) is 0.100. The van der Waals surface area contributed by atoms with Crippen molar-refractivity contribution in [1.82, 2.24) is 5.32 Å². The van der Waals surface area contributed by atoms with Crippen LogP contribution in [0.5, 0.6) is 5.75 Å². The van der Waals surface area contributed by atoms with Crippen molar-refractivity contribution in [2.24, 2.45) is 10.2 Å². The zero-order valence-electron chi connectivity index (χ0n) is 8.85. The van der Waals surface area contributed by atoms with E-state index in [2.05, 4.69) is 15.5 Å². The third kappa shape index (κ3) is 2.65. The van der Waals surface area contributed by atoms with Gasteiger partial charge in [0.05, 0.1) is 17.5 Å². The maximum absolute atomic E-state index is 13.3. The number of amidine groups is 1. The number of amides is 1. The topological polar surface area (TPSA) is 74.0 Å². The van der Waals surface area contributed by atoms with Gasteiger partial charge in [0.1, 0.15) is 5.75 Å². The van der Waals surface area contributed by atoms with Gasteiger partial charge in [-0.05, 0) is 12.1 Å². The Kier molecular flexibility index (Phi) is 3.56. The molecule has 94 valence electrons. The Morgan fingerprint density at radius 1 is 1.44 bits per heavy atom. The quantitative estimate of drug-likeness (QED) is 0.627. The number of rotatable bonds is 2. The molecule has 18 heavy (non-hydrogen) atoms. The minimum Gasteiger partial charge on any atom is -0.507 e. The number of benzene rings is 1.